The molecule has 0 aliphatic heterocycles. The number of carbonyl (C=O) groups is 2. The van der Waals surface area contributed by atoms with Gasteiger partial charge in [-0.25, -0.2) is 9.07 Å². The molecule has 7 heteroatoms. The minimum absolute atomic E-state index is 0.329. The van der Waals surface area contributed by atoms with Crippen molar-refractivity contribution in [1.29, 1.82) is 0 Å². The van der Waals surface area contributed by atoms with E-state index < -0.39 is 11.7 Å². The maximum absolute atomic E-state index is 13.3. The van der Waals surface area contributed by atoms with E-state index in [1.54, 1.807) is 35.0 Å². The lowest BCUT2D eigenvalue weighted by Crippen LogP contribution is -2.15. The first-order valence-electron chi connectivity index (χ1n) is 10.0. The number of amides is 2. The molecule has 1 heterocycles. The largest absolute Gasteiger partial charge is 0.322 e. The van der Waals surface area contributed by atoms with Crippen LogP contribution in [-0.4, -0.2) is 21.6 Å². The maximum Gasteiger partial charge on any atom is 0.259 e. The van der Waals surface area contributed by atoms with Crippen molar-refractivity contribution in [3.8, 4) is 5.69 Å². The summed E-state index contributed by atoms with van der Waals surface area (Å²) in [7, 11) is 0. The predicted octanol–water partition coefficient (Wildman–Crippen LogP) is 5.13. The third-order valence-electron chi connectivity index (χ3n) is 5.06. The lowest BCUT2D eigenvalue weighted by atomic mass is 10.1. The second kappa shape index (κ2) is 8.85. The summed E-state index contributed by atoms with van der Waals surface area (Å²) in [5, 5.41) is 9.83. The Bertz CT molecular complexity index is 1310. The monoisotopic (exact) mass is 428 g/mol. The Morgan fingerprint density at radius 3 is 2.28 bits per heavy atom. The van der Waals surface area contributed by atoms with Crippen LogP contribution in [0.5, 0.6) is 0 Å². The van der Waals surface area contributed by atoms with Gasteiger partial charge in [-0.05, 0) is 61.9 Å². The molecule has 0 atom stereocenters. The van der Waals surface area contributed by atoms with Crippen LogP contribution in [0.25, 0.3) is 5.69 Å². The average molecular weight is 428 g/mol. The first-order valence-corrected chi connectivity index (χ1v) is 10.0. The Balaban J connectivity index is 1.51. The number of aryl methyl sites for hydroxylation is 1. The summed E-state index contributed by atoms with van der Waals surface area (Å²) in [5.74, 6) is -1.18. The average Bonchev–Trinajstić information content (AvgIpc) is 3.15. The minimum atomic E-state index is -0.439. The summed E-state index contributed by atoms with van der Waals surface area (Å²) in [6.45, 7) is 3.81. The highest BCUT2D eigenvalue weighted by Crippen LogP contribution is 2.20. The highest BCUT2D eigenvalue weighted by atomic mass is 19.1. The van der Waals surface area contributed by atoms with Crippen LogP contribution in [0.4, 0.5) is 15.8 Å². The molecule has 0 bridgehead atoms. The Labute approximate surface area is 184 Å². The van der Waals surface area contributed by atoms with Crippen LogP contribution in [0.1, 0.15) is 32.0 Å². The summed E-state index contributed by atoms with van der Waals surface area (Å²) in [4.78, 5) is 25.4. The SMILES string of the molecule is Cc1ccccc1-n1ncc(C(=O)Nc2cccc(C(=O)Nc3cccc(F)c3)c2)c1C. The van der Waals surface area contributed by atoms with Gasteiger partial charge in [0.1, 0.15) is 5.82 Å². The number of halogens is 1. The molecule has 4 aromatic rings. The molecular formula is C25H21FN4O2. The molecule has 3 aromatic carbocycles. The fraction of sp³-hybridized carbons (Fsp3) is 0.0800. The van der Waals surface area contributed by atoms with Gasteiger partial charge in [-0.3, -0.25) is 9.59 Å². The lowest BCUT2D eigenvalue weighted by molar-refractivity contribution is 0.101. The summed E-state index contributed by atoms with van der Waals surface area (Å²) in [6.07, 6.45) is 1.53. The van der Waals surface area contributed by atoms with Gasteiger partial charge in [0.05, 0.1) is 23.1 Å². The van der Waals surface area contributed by atoms with Crippen molar-refractivity contribution in [2.75, 3.05) is 10.6 Å². The molecule has 0 saturated carbocycles. The molecule has 4 rings (SSSR count). The van der Waals surface area contributed by atoms with Crippen LogP contribution in [0.3, 0.4) is 0 Å². The van der Waals surface area contributed by atoms with Crippen LogP contribution in [-0.2, 0) is 0 Å². The van der Waals surface area contributed by atoms with E-state index in [1.165, 1.54) is 24.4 Å². The number of anilines is 2. The maximum atomic E-state index is 13.3. The number of aromatic nitrogens is 2. The highest BCUT2D eigenvalue weighted by Gasteiger charge is 2.17. The molecule has 160 valence electrons. The van der Waals surface area contributed by atoms with Crippen LogP contribution in [0.15, 0.2) is 79.0 Å². The molecule has 0 saturated heterocycles. The summed E-state index contributed by atoms with van der Waals surface area (Å²) >= 11 is 0. The van der Waals surface area contributed by atoms with E-state index in [2.05, 4.69) is 15.7 Å². The van der Waals surface area contributed by atoms with Crippen molar-refractivity contribution in [3.05, 3.63) is 107 Å². The number of nitrogens with one attached hydrogen (secondary N) is 2. The lowest BCUT2D eigenvalue weighted by Gasteiger charge is -2.10. The number of hydrogen-bond donors (Lipinski definition) is 2. The van der Waals surface area contributed by atoms with E-state index in [9.17, 15) is 14.0 Å². The number of benzene rings is 3. The molecule has 1 aromatic heterocycles. The summed E-state index contributed by atoms with van der Waals surface area (Å²) < 4.78 is 15.1. The predicted molar refractivity (Wildman–Crippen MR) is 122 cm³/mol. The van der Waals surface area contributed by atoms with Gasteiger partial charge in [-0.15, -0.1) is 0 Å². The molecule has 0 fully saturated rings. The van der Waals surface area contributed by atoms with Crippen molar-refractivity contribution in [2.45, 2.75) is 13.8 Å². The standard InChI is InChI=1S/C25H21FN4O2/c1-16-7-3-4-12-23(16)30-17(2)22(15-27-30)25(32)29-20-10-5-8-18(13-20)24(31)28-21-11-6-9-19(26)14-21/h3-15H,1-2H3,(H,28,31)(H,29,32). The van der Waals surface area contributed by atoms with Gasteiger partial charge in [0.2, 0.25) is 0 Å². The van der Waals surface area contributed by atoms with Crippen molar-refractivity contribution in [3.63, 3.8) is 0 Å². The summed E-state index contributed by atoms with van der Waals surface area (Å²) in [6, 6.07) is 20.0. The van der Waals surface area contributed by atoms with E-state index in [4.69, 9.17) is 0 Å². The zero-order valence-corrected chi connectivity index (χ0v) is 17.6. The van der Waals surface area contributed by atoms with E-state index in [-0.39, 0.29) is 5.91 Å². The van der Waals surface area contributed by atoms with E-state index in [0.29, 0.717) is 28.2 Å². The van der Waals surface area contributed by atoms with E-state index in [1.807, 2.05) is 38.1 Å². The number of nitrogens with zero attached hydrogens (tertiary/aromatic N) is 2. The van der Waals surface area contributed by atoms with Gasteiger partial charge in [-0.2, -0.15) is 5.10 Å². The second-order valence-electron chi connectivity index (χ2n) is 7.34. The minimum Gasteiger partial charge on any atom is -0.322 e. The molecule has 6 nitrogen and oxygen atoms in total. The van der Waals surface area contributed by atoms with Gasteiger partial charge >= 0.3 is 0 Å². The second-order valence-corrected chi connectivity index (χ2v) is 7.34. The highest BCUT2D eigenvalue weighted by molar-refractivity contribution is 6.07. The topological polar surface area (TPSA) is 76.0 Å². The Morgan fingerprint density at radius 2 is 1.53 bits per heavy atom. The molecule has 0 aliphatic rings. The van der Waals surface area contributed by atoms with Gasteiger partial charge < -0.3 is 10.6 Å². The molecular weight excluding hydrogens is 407 g/mol. The molecule has 2 amide bonds. The third-order valence-corrected chi connectivity index (χ3v) is 5.06. The van der Waals surface area contributed by atoms with Crippen molar-refractivity contribution in [1.82, 2.24) is 9.78 Å². The zero-order chi connectivity index (χ0) is 22.7. The molecule has 0 unspecified atom stereocenters. The smallest absolute Gasteiger partial charge is 0.259 e. The zero-order valence-electron chi connectivity index (χ0n) is 17.6. The number of hydrogen-bond acceptors (Lipinski definition) is 3. The summed E-state index contributed by atoms with van der Waals surface area (Å²) in [5.41, 5.74) is 4.23. The van der Waals surface area contributed by atoms with E-state index in [0.717, 1.165) is 11.3 Å². The van der Waals surface area contributed by atoms with Crippen LogP contribution in [0, 0.1) is 19.7 Å². The molecule has 2 N–H and O–H groups in total. The van der Waals surface area contributed by atoms with Crippen molar-refractivity contribution < 1.29 is 14.0 Å². The first kappa shape index (κ1) is 21.0. The van der Waals surface area contributed by atoms with Crippen LogP contribution in [0.2, 0.25) is 0 Å². The number of para-hydroxylation sites is 1. The Hall–Kier alpha value is -4.26. The fourth-order valence-corrected chi connectivity index (χ4v) is 3.38. The van der Waals surface area contributed by atoms with Gasteiger partial charge in [0, 0.05) is 16.9 Å². The van der Waals surface area contributed by atoms with Crippen LogP contribution >= 0.6 is 0 Å². The molecule has 32 heavy (non-hydrogen) atoms. The van der Waals surface area contributed by atoms with Crippen LogP contribution < -0.4 is 10.6 Å². The first-order chi connectivity index (χ1) is 15.4. The third kappa shape index (κ3) is 4.41. The normalized spacial score (nSPS) is 10.6. The molecule has 0 aliphatic carbocycles. The van der Waals surface area contributed by atoms with Gasteiger partial charge in [0.15, 0.2) is 0 Å². The van der Waals surface area contributed by atoms with Crippen molar-refractivity contribution in [2.24, 2.45) is 0 Å². The quantitative estimate of drug-likeness (QED) is 0.463. The Kier molecular flexibility index (Phi) is 5.81. The number of rotatable bonds is 5. The van der Waals surface area contributed by atoms with Gasteiger partial charge in [0.25, 0.3) is 11.8 Å². The van der Waals surface area contributed by atoms with Crippen molar-refractivity contribution >= 4 is 23.2 Å². The van der Waals surface area contributed by atoms with E-state index >= 15 is 0 Å². The number of carbonyl (C=O) groups excluding carboxylic acids is 2. The van der Waals surface area contributed by atoms with Gasteiger partial charge in [-0.1, -0.05) is 30.3 Å². The molecule has 0 radical (unpaired) electrons. The molecule has 0 spiro atoms. The Morgan fingerprint density at radius 1 is 0.844 bits per heavy atom. The fourth-order valence-electron chi connectivity index (χ4n) is 3.38.